The van der Waals surface area contributed by atoms with E-state index in [-0.39, 0.29) is 12.5 Å². The summed E-state index contributed by atoms with van der Waals surface area (Å²) in [6.07, 6.45) is 2.30. The minimum Gasteiger partial charge on any atom is -0.315 e. The molecule has 1 saturated carbocycles. The van der Waals surface area contributed by atoms with Crippen molar-refractivity contribution < 1.29 is 13.2 Å². The van der Waals surface area contributed by atoms with Crippen molar-refractivity contribution in [2.75, 3.05) is 7.05 Å². The van der Waals surface area contributed by atoms with Gasteiger partial charge in [-0.1, -0.05) is 19.8 Å². The van der Waals surface area contributed by atoms with Gasteiger partial charge in [0.05, 0.1) is 9.88 Å². The third kappa shape index (κ3) is 4.19. The number of rotatable bonds is 5. The van der Waals surface area contributed by atoms with E-state index < -0.39 is 11.9 Å². The van der Waals surface area contributed by atoms with Crippen LogP contribution in [0.4, 0.5) is 13.2 Å². The van der Waals surface area contributed by atoms with Gasteiger partial charge >= 0.3 is 6.18 Å². The number of hydrogen-bond acceptors (Lipinski definition) is 3. The van der Waals surface area contributed by atoms with Crippen molar-refractivity contribution in [2.45, 2.75) is 64.1 Å². The van der Waals surface area contributed by atoms with Gasteiger partial charge in [-0.3, -0.25) is 0 Å². The van der Waals surface area contributed by atoms with Crippen LogP contribution < -0.4 is 5.32 Å². The lowest BCUT2D eigenvalue weighted by Gasteiger charge is -2.27. The number of hydrogen-bond donors (Lipinski definition) is 1. The Morgan fingerprint density at radius 1 is 1.24 bits per heavy atom. The van der Waals surface area contributed by atoms with Crippen molar-refractivity contribution >= 4 is 11.3 Å². The van der Waals surface area contributed by atoms with E-state index in [0.717, 1.165) is 31.6 Å². The van der Waals surface area contributed by atoms with E-state index in [1.165, 1.54) is 24.2 Å². The van der Waals surface area contributed by atoms with Crippen molar-refractivity contribution in [1.29, 1.82) is 0 Å². The third-order valence-corrected chi connectivity index (χ3v) is 5.43. The minimum atomic E-state index is -4.35. The Kier molecular flexibility index (Phi) is 5.66. The monoisotopic (exact) mass is 320 g/mol. The molecule has 1 N–H and O–H groups in total. The summed E-state index contributed by atoms with van der Waals surface area (Å²) in [4.78, 5) is 4.26. The highest BCUT2D eigenvalue weighted by atomic mass is 32.1. The fourth-order valence-electron chi connectivity index (χ4n) is 3.15. The number of nitrogens with one attached hydrogen (secondary N) is 1. The van der Waals surface area contributed by atoms with Gasteiger partial charge in [-0.05, 0) is 38.6 Å². The average molecular weight is 320 g/mol. The number of thiazole rings is 1. The summed E-state index contributed by atoms with van der Waals surface area (Å²) in [5.74, 6) is 0.972. The first-order valence-corrected chi connectivity index (χ1v) is 8.48. The van der Waals surface area contributed by atoms with Crippen LogP contribution in [0.2, 0.25) is 0 Å². The van der Waals surface area contributed by atoms with Crippen LogP contribution >= 0.6 is 11.3 Å². The maximum Gasteiger partial charge on any atom is 0.434 e. The number of aromatic nitrogens is 1. The Morgan fingerprint density at radius 3 is 2.43 bits per heavy atom. The lowest BCUT2D eigenvalue weighted by molar-refractivity contribution is -0.141. The maximum atomic E-state index is 13.0. The van der Waals surface area contributed by atoms with Crippen molar-refractivity contribution in [2.24, 2.45) is 5.92 Å². The highest BCUT2D eigenvalue weighted by Gasteiger charge is 2.38. The molecule has 0 bridgehead atoms. The quantitative estimate of drug-likeness (QED) is 0.830. The summed E-state index contributed by atoms with van der Waals surface area (Å²) in [5.41, 5.74) is -0.687. The topological polar surface area (TPSA) is 24.9 Å². The van der Waals surface area contributed by atoms with Gasteiger partial charge in [-0.25, -0.2) is 4.98 Å². The van der Waals surface area contributed by atoms with Gasteiger partial charge in [-0.2, -0.15) is 13.2 Å². The Bertz CT molecular complexity index is 448. The number of halogens is 3. The first kappa shape index (κ1) is 16.7. The molecule has 1 aromatic rings. The molecule has 0 aromatic carbocycles. The van der Waals surface area contributed by atoms with Crippen molar-refractivity contribution in [1.82, 2.24) is 10.3 Å². The Balaban J connectivity index is 2.10. The normalized spacial score (nSPS) is 23.5. The molecule has 1 aliphatic carbocycles. The Labute approximate surface area is 128 Å². The van der Waals surface area contributed by atoms with Gasteiger partial charge in [0.15, 0.2) is 5.69 Å². The smallest absolute Gasteiger partial charge is 0.315 e. The predicted molar refractivity (Wildman–Crippen MR) is 79.5 cm³/mol. The molecule has 0 spiro atoms. The predicted octanol–water partition coefficient (Wildman–Crippen LogP) is 4.96. The SMILES string of the molecule is CCCC1CCC(c2nc(C(F)(F)F)c(CNC)s2)CC1. The van der Waals surface area contributed by atoms with E-state index >= 15 is 0 Å². The summed E-state index contributed by atoms with van der Waals surface area (Å²) in [7, 11) is 1.66. The lowest BCUT2D eigenvalue weighted by Crippen LogP contribution is -2.14. The van der Waals surface area contributed by atoms with Crippen molar-refractivity contribution in [3.05, 3.63) is 15.6 Å². The zero-order valence-electron chi connectivity index (χ0n) is 12.6. The van der Waals surface area contributed by atoms with Crippen LogP contribution in [0.15, 0.2) is 0 Å². The molecule has 1 aromatic heterocycles. The van der Waals surface area contributed by atoms with E-state index in [9.17, 15) is 13.2 Å². The van der Waals surface area contributed by atoms with E-state index in [0.29, 0.717) is 9.88 Å². The van der Waals surface area contributed by atoms with Crippen LogP contribution in [0, 0.1) is 5.92 Å². The largest absolute Gasteiger partial charge is 0.434 e. The van der Waals surface area contributed by atoms with Gasteiger partial charge in [0.2, 0.25) is 0 Å². The number of alkyl halides is 3. The molecule has 120 valence electrons. The summed E-state index contributed by atoms with van der Waals surface area (Å²) in [6.45, 7) is 2.42. The Morgan fingerprint density at radius 2 is 1.90 bits per heavy atom. The van der Waals surface area contributed by atoms with Gasteiger partial charge in [0.25, 0.3) is 0 Å². The molecular formula is C15H23F3N2S. The summed E-state index contributed by atoms with van der Waals surface area (Å²) >= 11 is 1.24. The molecule has 1 heterocycles. The van der Waals surface area contributed by atoms with Crippen LogP contribution in [0.5, 0.6) is 0 Å². The second kappa shape index (κ2) is 7.09. The molecule has 0 atom stereocenters. The van der Waals surface area contributed by atoms with E-state index in [2.05, 4.69) is 17.2 Å². The van der Waals surface area contributed by atoms with Crippen molar-refractivity contribution in [3.63, 3.8) is 0 Å². The summed E-state index contributed by atoms with van der Waals surface area (Å²) < 4.78 is 39.1. The van der Waals surface area contributed by atoms with E-state index in [1.54, 1.807) is 7.05 Å². The van der Waals surface area contributed by atoms with E-state index in [1.807, 2.05) is 0 Å². The second-order valence-corrected chi connectivity index (χ2v) is 6.97. The molecule has 1 aliphatic rings. The molecule has 2 nitrogen and oxygen atoms in total. The zero-order valence-corrected chi connectivity index (χ0v) is 13.4. The first-order valence-electron chi connectivity index (χ1n) is 7.67. The molecule has 2 rings (SSSR count). The van der Waals surface area contributed by atoms with Crippen LogP contribution in [-0.4, -0.2) is 12.0 Å². The molecule has 0 amide bonds. The van der Waals surface area contributed by atoms with Crippen molar-refractivity contribution in [3.8, 4) is 0 Å². The van der Waals surface area contributed by atoms with Gasteiger partial charge in [0, 0.05) is 12.5 Å². The first-order chi connectivity index (χ1) is 9.95. The molecule has 6 heteroatoms. The average Bonchev–Trinajstić information content (AvgIpc) is 2.84. The van der Waals surface area contributed by atoms with Gasteiger partial charge < -0.3 is 5.32 Å². The standard InChI is InChI=1S/C15H23F3N2S/c1-3-4-10-5-7-11(8-6-10)14-20-13(15(16,17)18)12(21-14)9-19-2/h10-11,19H,3-9H2,1-2H3. The number of nitrogens with zero attached hydrogens (tertiary/aromatic N) is 1. The fourth-order valence-corrected chi connectivity index (χ4v) is 4.42. The molecular weight excluding hydrogens is 297 g/mol. The maximum absolute atomic E-state index is 13.0. The van der Waals surface area contributed by atoms with Crippen LogP contribution in [0.25, 0.3) is 0 Å². The van der Waals surface area contributed by atoms with Crippen LogP contribution in [0.1, 0.15) is 66.9 Å². The van der Waals surface area contributed by atoms with Gasteiger partial charge in [-0.15, -0.1) is 11.3 Å². The van der Waals surface area contributed by atoms with Crippen LogP contribution in [0.3, 0.4) is 0 Å². The second-order valence-electron chi connectivity index (χ2n) is 5.86. The summed E-state index contributed by atoms with van der Waals surface area (Å²) in [6, 6.07) is 0. The molecule has 0 unspecified atom stereocenters. The zero-order chi connectivity index (χ0) is 15.5. The fraction of sp³-hybridized carbons (Fsp3) is 0.800. The molecule has 0 radical (unpaired) electrons. The lowest BCUT2D eigenvalue weighted by atomic mass is 9.80. The van der Waals surface area contributed by atoms with Gasteiger partial charge in [0.1, 0.15) is 0 Å². The molecule has 0 saturated heterocycles. The highest BCUT2D eigenvalue weighted by molar-refractivity contribution is 7.11. The van der Waals surface area contributed by atoms with E-state index in [4.69, 9.17) is 0 Å². The molecule has 21 heavy (non-hydrogen) atoms. The molecule has 1 fully saturated rings. The minimum absolute atomic E-state index is 0.217. The molecule has 0 aliphatic heterocycles. The van der Waals surface area contributed by atoms with Crippen LogP contribution in [-0.2, 0) is 12.7 Å². The third-order valence-electron chi connectivity index (χ3n) is 4.21. The Hall–Kier alpha value is -0.620. The highest BCUT2D eigenvalue weighted by Crippen LogP contribution is 2.42. The summed E-state index contributed by atoms with van der Waals surface area (Å²) in [5, 5.41) is 3.49.